The number of nitrogens with one attached hydrogen (secondary N) is 2. The number of amides is 2. The zero-order chi connectivity index (χ0) is 17.7. The van der Waals surface area contributed by atoms with E-state index in [0.717, 1.165) is 0 Å². The van der Waals surface area contributed by atoms with Crippen molar-refractivity contribution in [2.45, 2.75) is 39.0 Å². The van der Waals surface area contributed by atoms with E-state index in [4.69, 9.17) is 9.47 Å². The Morgan fingerprint density at radius 3 is 2.67 bits per heavy atom. The molecule has 7 heteroatoms. The van der Waals surface area contributed by atoms with Gasteiger partial charge in [0, 0.05) is 25.9 Å². The van der Waals surface area contributed by atoms with Crippen LogP contribution >= 0.6 is 0 Å². The highest BCUT2D eigenvalue weighted by Crippen LogP contribution is 2.26. The number of nitrogens with zero attached hydrogens (tertiary/aromatic N) is 1. The van der Waals surface area contributed by atoms with Crippen LogP contribution in [0.5, 0.6) is 0 Å². The number of methoxy groups -OCH3 is 1. The van der Waals surface area contributed by atoms with Crippen LogP contribution in [0.25, 0.3) is 0 Å². The summed E-state index contributed by atoms with van der Waals surface area (Å²) in [7, 11) is 1.57. The van der Waals surface area contributed by atoms with Gasteiger partial charge < -0.3 is 25.0 Å². The van der Waals surface area contributed by atoms with Gasteiger partial charge in [-0.15, -0.1) is 0 Å². The van der Waals surface area contributed by atoms with E-state index in [1.807, 2.05) is 25.7 Å². The van der Waals surface area contributed by atoms with E-state index in [1.54, 1.807) is 19.2 Å². The molecule has 1 saturated heterocycles. The molecule has 6 nitrogen and oxygen atoms in total. The number of morpholine rings is 1. The molecule has 0 radical (unpaired) electrons. The maximum atomic E-state index is 14.4. The van der Waals surface area contributed by atoms with Crippen molar-refractivity contribution in [1.82, 2.24) is 5.32 Å². The molecule has 0 spiro atoms. The van der Waals surface area contributed by atoms with Gasteiger partial charge in [0.25, 0.3) is 0 Å². The zero-order valence-electron chi connectivity index (χ0n) is 14.6. The van der Waals surface area contributed by atoms with Crippen molar-refractivity contribution in [1.29, 1.82) is 0 Å². The Morgan fingerprint density at radius 1 is 1.42 bits per heavy atom. The quantitative estimate of drug-likeness (QED) is 0.866. The van der Waals surface area contributed by atoms with Crippen molar-refractivity contribution >= 4 is 17.4 Å². The first kappa shape index (κ1) is 18.5. The van der Waals surface area contributed by atoms with Gasteiger partial charge in [0.15, 0.2) is 0 Å². The van der Waals surface area contributed by atoms with Crippen LogP contribution in [0.15, 0.2) is 18.2 Å². The molecule has 24 heavy (non-hydrogen) atoms. The van der Waals surface area contributed by atoms with Gasteiger partial charge in [0.2, 0.25) is 0 Å². The van der Waals surface area contributed by atoms with Crippen LogP contribution < -0.4 is 15.5 Å². The number of hydrogen-bond acceptors (Lipinski definition) is 4. The maximum Gasteiger partial charge on any atom is 0.319 e. The molecule has 0 saturated carbocycles. The molecular formula is C17H26FN3O3. The van der Waals surface area contributed by atoms with Crippen LogP contribution in [-0.2, 0) is 9.47 Å². The highest BCUT2D eigenvalue weighted by Gasteiger charge is 2.24. The molecule has 134 valence electrons. The van der Waals surface area contributed by atoms with Crippen molar-refractivity contribution < 1.29 is 18.7 Å². The lowest BCUT2D eigenvalue weighted by molar-refractivity contribution is -0.00539. The van der Waals surface area contributed by atoms with Gasteiger partial charge in [-0.1, -0.05) is 0 Å². The Kier molecular flexibility index (Phi) is 6.39. The van der Waals surface area contributed by atoms with Gasteiger partial charge in [-0.05, 0) is 39.0 Å². The third kappa shape index (κ3) is 5.07. The fraction of sp³-hybridized carbons (Fsp3) is 0.588. The van der Waals surface area contributed by atoms with E-state index in [-0.39, 0.29) is 30.1 Å². The van der Waals surface area contributed by atoms with Crippen LogP contribution in [0.3, 0.4) is 0 Å². The lowest BCUT2D eigenvalue weighted by Gasteiger charge is -2.37. The van der Waals surface area contributed by atoms with Gasteiger partial charge in [0.05, 0.1) is 30.5 Å². The maximum absolute atomic E-state index is 14.4. The molecule has 0 bridgehead atoms. The first-order valence-electron chi connectivity index (χ1n) is 8.15. The Bertz CT molecular complexity index is 560. The van der Waals surface area contributed by atoms with Gasteiger partial charge >= 0.3 is 6.03 Å². The van der Waals surface area contributed by atoms with E-state index in [2.05, 4.69) is 10.6 Å². The third-order valence-corrected chi connectivity index (χ3v) is 3.76. The van der Waals surface area contributed by atoms with Crippen LogP contribution in [0, 0.1) is 5.82 Å². The fourth-order valence-electron chi connectivity index (χ4n) is 2.90. The average Bonchev–Trinajstić information content (AvgIpc) is 2.46. The minimum absolute atomic E-state index is 0.0546. The molecule has 0 aliphatic carbocycles. The van der Waals surface area contributed by atoms with Crippen molar-refractivity contribution in [3.63, 3.8) is 0 Å². The number of anilines is 2. The number of carbonyl (C=O) groups excluding carboxylic acids is 1. The Labute approximate surface area is 142 Å². The topological polar surface area (TPSA) is 62.8 Å². The molecule has 1 heterocycles. The van der Waals surface area contributed by atoms with E-state index in [0.29, 0.717) is 31.1 Å². The summed E-state index contributed by atoms with van der Waals surface area (Å²) in [5.41, 5.74) is 0.934. The largest absolute Gasteiger partial charge is 0.383 e. The monoisotopic (exact) mass is 339 g/mol. The van der Waals surface area contributed by atoms with Crippen molar-refractivity contribution in [2.75, 3.05) is 37.0 Å². The van der Waals surface area contributed by atoms with E-state index >= 15 is 0 Å². The Hall–Kier alpha value is -1.86. The zero-order valence-corrected chi connectivity index (χ0v) is 14.6. The predicted octanol–water partition coefficient (Wildman–Crippen LogP) is 2.60. The van der Waals surface area contributed by atoms with Gasteiger partial charge in [-0.25, -0.2) is 9.18 Å². The molecule has 2 amide bonds. The highest BCUT2D eigenvalue weighted by atomic mass is 19.1. The summed E-state index contributed by atoms with van der Waals surface area (Å²) >= 11 is 0. The third-order valence-electron chi connectivity index (χ3n) is 3.76. The van der Waals surface area contributed by atoms with E-state index in [1.165, 1.54) is 6.07 Å². The first-order valence-corrected chi connectivity index (χ1v) is 8.15. The minimum atomic E-state index is -0.389. The van der Waals surface area contributed by atoms with Crippen LogP contribution in [0.4, 0.5) is 20.6 Å². The number of urea groups is 1. The number of ether oxygens (including phenoxy) is 2. The smallest absolute Gasteiger partial charge is 0.319 e. The normalized spacial score (nSPS) is 22.1. The number of carbonyl (C=O) groups is 1. The van der Waals surface area contributed by atoms with Crippen molar-refractivity contribution in [3.05, 3.63) is 24.0 Å². The molecule has 2 rings (SSSR count). The van der Waals surface area contributed by atoms with Crippen LogP contribution in [-0.4, -0.2) is 51.1 Å². The van der Waals surface area contributed by atoms with Crippen molar-refractivity contribution in [2.24, 2.45) is 0 Å². The first-order chi connectivity index (χ1) is 11.4. The standard InChI is InChI=1S/C17H26FN3O3/c1-11(10-23-4)19-17(22)20-14-5-6-16(15(18)7-14)21-8-12(2)24-13(3)9-21/h5-7,11-13H,8-10H2,1-4H3,(H2,19,20,22). The molecule has 1 aromatic carbocycles. The lowest BCUT2D eigenvalue weighted by atomic mass is 10.2. The number of rotatable bonds is 5. The second kappa shape index (κ2) is 8.30. The number of benzene rings is 1. The molecule has 0 aromatic heterocycles. The van der Waals surface area contributed by atoms with Crippen molar-refractivity contribution in [3.8, 4) is 0 Å². The minimum Gasteiger partial charge on any atom is -0.383 e. The molecule has 3 atom stereocenters. The summed E-state index contributed by atoms with van der Waals surface area (Å²) < 4.78 is 25.1. The molecule has 3 unspecified atom stereocenters. The highest BCUT2D eigenvalue weighted by molar-refractivity contribution is 5.89. The fourth-order valence-corrected chi connectivity index (χ4v) is 2.90. The number of halogens is 1. The van der Waals surface area contributed by atoms with E-state index < -0.39 is 0 Å². The SMILES string of the molecule is COCC(C)NC(=O)Nc1ccc(N2CC(C)OC(C)C2)c(F)c1. The second-order valence-corrected chi connectivity index (χ2v) is 6.28. The average molecular weight is 339 g/mol. The molecule has 1 aromatic rings. The lowest BCUT2D eigenvalue weighted by Crippen LogP contribution is -2.45. The molecule has 1 aliphatic rings. The van der Waals surface area contributed by atoms with E-state index in [9.17, 15) is 9.18 Å². The summed E-state index contributed by atoms with van der Waals surface area (Å²) in [5.74, 6) is -0.362. The molecular weight excluding hydrogens is 313 g/mol. The Morgan fingerprint density at radius 2 is 2.08 bits per heavy atom. The van der Waals surface area contributed by atoms with Gasteiger partial charge in [0.1, 0.15) is 5.82 Å². The summed E-state index contributed by atoms with van der Waals surface area (Å²) in [6.07, 6.45) is 0.109. The van der Waals surface area contributed by atoms with Gasteiger partial charge in [-0.3, -0.25) is 0 Å². The van der Waals surface area contributed by atoms with Gasteiger partial charge in [-0.2, -0.15) is 0 Å². The summed E-state index contributed by atoms with van der Waals surface area (Å²) in [4.78, 5) is 13.8. The van der Waals surface area contributed by atoms with Crippen LogP contribution in [0.1, 0.15) is 20.8 Å². The predicted molar refractivity (Wildman–Crippen MR) is 92.1 cm³/mol. The molecule has 1 fully saturated rings. The second-order valence-electron chi connectivity index (χ2n) is 6.28. The Balaban J connectivity index is 2.00. The summed E-state index contributed by atoms with van der Waals surface area (Å²) in [5, 5.41) is 5.34. The van der Waals surface area contributed by atoms with Crippen LogP contribution in [0.2, 0.25) is 0 Å². The number of hydrogen-bond donors (Lipinski definition) is 2. The molecule has 2 N–H and O–H groups in total. The summed E-state index contributed by atoms with van der Waals surface area (Å²) in [6.45, 7) is 7.47. The summed E-state index contributed by atoms with van der Waals surface area (Å²) in [6, 6.07) is 4.20. The molecule has 1 aliphatic heterocycles.